The second-order valence-corrected chi connectivity index (χ2v) is 7.55. The van der Waals surface area contributed by atoms with Gasteiger partial charge in [-0.2, -0.15) is 5.10 Å². The van der Waals surface area contributed by atoms with E-state index in [1.807, 2.05) is 13.8 Å². The summed E-state index contributed by atoms with van der Waals surface area (Å²) < 4.78 is 5.81. The number of nitrogens with two attached hydrogens (primary N) is 1. The molecule has 0 aliphatic heterocycles. The first-order chi connectivity index (χ1) is 13.7. The summed E-state index contributed by atoms with van der Waals surface area (Å²) in [6, 6.07) is 2.27. The predicted molar refractivity (Wildman–Crippen MR) is 104 cm³/mol. The number of hydrazone groups is 1. The number of primary amides is 1. The van der Waals surface area contributed by atoms with Gasteiger partial charge in [0.25, 0.3) is 5.91 Å². The van der Waals surface area contributed by atoms with Gasteiger partial charge in [0.1, 0.15) is 5.76 Å². The number of hydrogen-bond donors (Lipinski definition) is 4. The summed E-state index contributed by atoms with van der Waals surface area (Å²) in [6.45, 7) is 5.78. The van der Waals surface area contributed by atoms with Crippen LogP contribution >= 0.6 is 0 Å². The van der Waals surface area contributed by atoms with Crippen molar-refractivity contribution in [1.82, 2.24) is 21.3 Å². The molecule has 0 saturated heterocycles. The lowest BCUT2D eigenvalue weighted by Crippen LogP contribution is -2.41. The summed E-state index contributed by atoms with van der Waals surface area (Å²) in [5.41, 5.74) is 14.0. The van der Waals surface area contributed by atoms with Crippen molar-refractivity contribution < 1.29 is 18.8 Å². The fourth-order valence-electron chi connectivity index (χ4n) is 3.29. The molecule has 0 spiro atoms. The van der Waals surface area contributed by atoms with Gasteiger partial charge in [-0.05, 0) is 30.9 Å². The van der Waals surface area contributed by atoms with E-state index in [9.17, 15) is 14.4 Å². The molecule has 152 valence electrons. The van der Waals surface area contributed by atoms with Crippen molar-refractivity contribution in [3.05, 3.63) is 52.7 Å². The molecule has 5 N–H and O–H groups in total. The Morgan fingerprint density at radius 1 is 1.14 bits per heavy atom. The number of pyridine rings is 1. The summed E-state index contributed by atoms with van der Waals surface area (Å²) in [4.78, 5) is 39.6. The summed E-state index contributed by atoms with van der Waals surface area (Å²) in [6.07, 6.45) is 4.12. The molecule has 2 aromatic heterocycles. The fourth-order valence-corrected chi connectivity index (χ4v) is 3.29. The third kappa shape index (κ3) is 4.42. The van der Waals surface area contributed by atoms with Crippen molar-refractivity contribution in [1.29, 1.82) is 0 Å². The minimum absolute atomic E-state index is 0.0644. The molecule has 29 heavy (non-hydrogen) atoms. The molecule has 1 aliphatic rings. The maximum absolute atomic E-state index is 12.6. The lowest BCUT2D eigenvalue weighted by atomic mass is 9.75. The van der Waals surface area contributed by atoms with E-state index in [2.05, 4.69) is 26.4 Å². The van der Waals surface area contributed by atoms with Gasteiger partial charge in [-0.3, -0.25) is 25.4 Å². The van der Waals surface area contributed by atoms with Crippen LogP contribution in [0.5, 0.6) is 0 Å². The Hall–Kier alpha value is -3.69. The van der Waals surface area contributed by atoms with Crippen LogP contribution in [-0.2, 0) is 6.42 Å². The minimum Gasteiger partial charge on any atom is -0.455 e. The highest BCUT2D eigenvalue weighted by Gasteiger charge is 2.36. The van der Waals surface area contributed by atoms with Gasteiger partial charge < -0.3 is 10.2 Å². The molecule has 10 nitrogen and oxygen atoms in total. The lowest BCUT2D eigenvalue weighted by Gasteiger charge is -2.29. The van der Waals surface area contributed by atoms with Crippen LogP contribution in [0.15, 0.2) is 34.0 Å². The van der Waals surface area contributed by atoms with Crippen LogP contribution < -0.4 is 22.0 Å². The zero-order valence-corrected chi connectivity index (χ0v) is 16.3. The summed E-state index contributed by atoms with van der Waals surface area (Å²) >= 11 is 0. The number of hydrazine groups is 1. The molecular weight excluding hydrogens is 376 g/mol. The van der Waals surface area contributed by atoms with E-state index in [0.717, 1.165) is 0 Å². The number of nitrogens with zero attached hydrogens (tertiary/aromatic N) is 2. The highest BCUT2D eigenvalue weighted by molar-refractivity contribution is 6.07. The average Bonchev–Trinajstić information content (AvgIpc) is 2.99. The van der Waals surface area contributed by atoms with Crippen LogP contribution in [0.25, 0.3) is 0 Å². The van der Waals surface area contributed by atoms with Crippen LogP contribution in [0.3, 0.4) is 0 Å². The van der Waals surface area contributed by atoms with Crippen LogP contribution in [0, 0.1) is 12.3 Å². The van der Waals surface area contributed by atoms with E-state index in [0.29, 0.717) is 41.0 Å². The van der Waals surface area contributed by atoms with Crippen LogP contribution in [0.1, 0.15) is 58.1 Å². The first kappa shape index (κ1) is 20.1. The topological polar surface area (TPSA) is 152 Å². The molecule has 0 atom stereocenters. The number of fused-ring (bicyclic) bond motifs is 1. The van der Waals surface area contributed by atoms with Gasteiger partial charge in [0, 0.05) is 35.5 Å². The van der Waals surface area contributed by atoms with Crippen molar-refractivity contribution in [2.45, 2.75) is 33.6 Å². The number of nitrogens with one attached hydrogen (secondary N) is 3. The fraction of sp³-hybridized carbons (Fsp3) is 0.316. The maximum atomic E-state index is 12.6. The lowest BCUT2D eigenvalue weighted by molar-refractivity contribution is 0.0828. The van der Waals surface area contributed by atoms with Crippen molar-refractivity contribution in [2.75, 3.05) is 0 Å². The van der Waals surface area contributed by atoms with Crippen molar-refractivity contribution in [3.8, 4) is 0 Å². The standard InChI is InChI=1S/C19H22N6O4/c1-10-14-12(22-25-18(20)28)8-19(2,3)9-13(14)29-15(10)17(27)24-23-16(26)11-4-6-21-7-5-11/h4-7H,8-9H2,1-3H3,(H,23,26)(H,24,27)(H3,20,25,28)/b22-12-. The Morgan fingerprint density at radius 3 is 2.45 bits per heavy atom. The molecular formula is C19H22N6O4. The zero-order valence-electron chi connectivity index (χ0n) is 16.3. The van der Waals surface area contributed by atoms with Crippen LogP contribution in [-0.4, -0.2) is 28.5 Å². The molecule has 0 aromatic carbocycles. The Labute approximate surface area is 166 Å². The summed E-state index contributed by atoms with van der Waals surface area (Å²) in [5.74, 6) is -0.424. The van der Waals surface area contributed by atoms with Gasteiger partial charge in [0.15, 0.2) is 5.76 Å². The van der Waals surface area contributed by atoms with E-state index in [1.54, 1.807) is 6.92 Å². The molecule has 3 rings (SSSR count). The van der Waals surface area contributed by atoms with Gasteiger partial charge in [-0.15, -0.1) is 0 Å². The summed E-state index contributed by atoms with van der Waals surface area (Å²) in [7, 11) is 0. The number of rotatable bonds is 3. The van der Waals surface area contributed by atoms with Crippen molar-refractivity contribution in [3.63, 3.8) is 0 Å². The Kier molecular flexibility index (Phi) is 5.35. The Morgan fingerprint density at radius 2 is 1.79 bits per heavy atom. The molecule has 2 aromatic rings. The second-order valence-electron chi connectivity index (χ2n) is 7.55. The van der Waals surface area contributed by atoms with E-state index in [4.69, 9.17) is 10.2 Å². The van der Waals surface area contributed by atoms with Gasteiger partial charge in [0.05, 0.1) is 5.71 Å². The van der Waals surface area contributed by atoms with Crippen LogP contribution in [0.2, 0.25) is 0 Å². The molecule has 0 unspecified atom stereocenters. The van der Waals surface area contributed by atoms with E-state index in [1.165, 1.54) is 24.5 Å². The number of furan rings is 1. The molecule has 0 bridgehead atoms. The first-order valence-electron chi connectivity index (χ1n) is 8.93. The van der Waals surface area contributed by atoms with Gasteiger partial charge in [0.2, 0.25) is 0 Å². The largest absolute Gasteiger partial charge is 0.455 e. The molecule has 0 saturated carbocycles. The van der Waals surface area contributed by atoms with Crippen molar-refractivity contribution in [2.24, 2.45) is 16.3 Å². The highest BCUT2D eigenvalue weighted by atomic mass is 16.4. The minimum atomic E-state index is -0.777. The predicted octanol–water partition coefficient (Wildman–Crippen LogP) is 1.40. The molecule has 0 fully saturated rings. The molecule has 0 radical (unpaired) electrons. The summed E-state index contributed by atoms with van der Waals surface area (Å²) in [5, 5.41) is 4.09. The number of hydrogen-bond acceptors (Lipinski definition) is 6. The Balaban J connectivity index is 1.83. The molecule has 2 heterocycles. The first-order valence-corrected chi connectivity index (χ1v) is 8.93. The highest BCUT2D eigenvalue weighted by Crippen LogP contribution is 2.38. The van der Waals surface area contributed by atoms with E-state index in [-0.39, 0.29) is 11.2 Å². The zero-order chi connectivity index (χ0) is 21.2. The monoisotopic (exact) mass is 398 g/mol. The van der Waals surface area contributed by atoms with E-state index < -0.39 is 17.8 Å². The normalized spacial score (nSPS) is 16.0. The number of carbonyl (C=O) groups is 3. The van der Waals surface area contributed by atoms with Gasteiger partial charge in [-0.1, -0.05) is 13.8 Å². The second kappa shape index (κ2) is 7.74. The van der Waals surface area contributed by atoms with Crippen molar-refractivity contribution >= 4 is 23.6 Å². The average molecular weight is 398 g/mol. The van der Waals surface area contributed by atoms with Gasteiger partial charge >= 0.3 is 11.9 Å². The molecule has 1 aliphatic carbocycles. The smallest absolute Gasteiger partial charge is 0.332 e. The van der Waals surface area contributed by atoms with E-state index >= 15 is 0 Å². The third-order valence-corrected chi connectivity index (χ3v) is 4.53. The molecule has 4 amide bonds. The maximum Gasteiger partial charge on any atom is 0.332 e. The quantitative estimate of drug-likeness (QED) is 0.576. The number of aromatic nitrogens is 1. The number of urea groups is 1. The SMILES string of the molecule is Cc1c(C(=O)NNC(=O)c2ccncc2)oc2c1/C(=N\NC(N)=O)CC(C)(C)C2. The number of carbonyl (C=O) groups excluding carboxylic acids is 3. The Bertz CT molecular complexity index is 994. The van der Waals surface area contributed by atoms with Crippen LogP contribution in [0.4, 0.5) is 4.79 Å². The third-order valence-electron chi connectivity index (χ3n) is 4.53. The number of amides is 4. The van der Waals surface area contributed by atoms with Gasteiger partial charge in [-0.25, -0.2) is 10.2 Å². The molecule has 10 heteroatoms.